The van der Waals surface area contributed by atoms with Gasteiger partial charge in [-0.15, -0.1) is 11.3 Å². The number of thiophene rings is 1. The van der Waals surface area contributed by atoms with Crippen LogP contribution in [0.25, 0.3) is 10.6 Å². The Bertz CT molecular complexity index is 843. The Morgan fingerprint density at radius 1 is 1.35 bits per heavy atom. The van der Waals surface area contributed by atoms with E-state index >= 15 is 0 Å². The first kappa shape index (κ1) is 14.7. The average Bonchev–Trinajstić information content (AvgIpc) is 3.16. The fourth-order valence-electron chi connectivity index (χ4n) is 3.72. The van der Waals surface area contributed by atoms with Crippen LogP contribution in [0.15, 0.2) is 29.2 Å². The van der Waals surface area contributed by atoms with Crippen molar-refractivity contribution in [1.29, 1.82) is 0 Å². The van der Waals surface area contributed by atoms with Crippen LogP contribution in [0.1, 0.15) is 40.1 Å². The van der Waals surface area contributed by atoms with E-state index in [-0.39, 0.29) is 11.2 Å². The van der Waals surface area contributed by atoms with E-state index in [1.807, 2.05) is 12.3 Å². The Hall–Kier alpha value is -1.85. The van der Waals surface area contributed by atoms with Crippen LogP contribution in [0.4, 0.5) is 0 Å². The summed E-state index contributed by atoms with van der Waals surface area (Å²) in [4.78, 5) is 30.3. The summed E-state index contributed by atoms with van der Waals surface area (Å²) < 4.78 is 0. The third-order valence-electron chi connectivity index (χ3n) is 4.97. The molecule has 1 N–H and O–H groups in total. The van der Waals surface area contributed by atoms with E-state index in [0.29, 0.717) is 22.4 Å². The largest absolute Gasteiger partial charge is 0.316 e. The quantitative estimate of drug-likeness (QED) is 0.862. The molecule has 0 spiro atoms. The number of ketones is 1. The van der Waals surface area contributed by atoms with E-state index in [9.17, 15) is 9.59 Å². The first-order valence-corrected chi connectivity index (χ1v) is 8.80. The van der Waals surface area contributed by atoms with Gasteiger partial charge < -0.3 is 5.32 Å². The molecule has 2 atom stereocenters. The number of carbonyl (C=O) groups is 1. The highest BCUT2D eigenvalue weighted by atomic mass is 32.1. The van der Waals surface area contributed by atoms with Crippen molar-refractivity contribution in [2.24, 2.45) is 5.92 Å². The lowest BCUT2D eigenvalue weighted by Gasteiger charge is -2.25. The minimum Gasteiger partial charge on any atom is -0.316 e. The van der Waals surface area contributed by atoms with Crippen molar-refractivity contribution in [2.75, 3.05) is 13.1 Å². The summed E-state index contributed by atoms with van der Waals surface area (Å²) in [5.74, 6) is 1.08. The second-order valence-corrected chi connectivity index (χ2v) is 7.45. The van der Waals surface area contributed by atoms with E-state index in [4.69, 9.17) is 0 Å². The van der Waals surface area contributed by atoms with Crippen LogP contribution in [0, 0.1) is 5.92 Å². The smallest absolute Gasteiger partial charge is 0.184 e. The normalized spacial score (nSPS) is 22.5. The highest BCUT2D eigenvalue weighted by molar-refractivity contribution is 7.17. The van der Waals surface area contributed by atoms with Gasteiger partial charge in [-0.2, -0.15) is 0 Å². The predicted molar refractivity (Wildman–Crippen MR) is 91.2 cm³/mol. The second kappa shape index (κ2) is 5.65. The van der Waals surface area contributed by atoms with Gasteiger partial charge in [0.15, 0.2) is 11.2 Å². The number of hydrogen-bond acceptors (Lipinski definition) is 5. The van der Waals surface area contributed by atoms with Gasteiger partial charge in [0.05, 0.1) is 15.4 Å². The maximum absolute atomic E-state index is 12.7. The Morgan fingerprint density at radius 3 is 3.00 bits per heavy atom. The molecule has 5 heteroatoms. The highest BCUT2D eigenvalue weighted by Gasteiger charge is 2.34. The molecule has 4 rings (SSSR count). The van der Waals surface area contributed by atoms with Crippen LogP contribution < -0.4 is 10.7 Å². The van der Waals surface area contributed by atoms with Crippen LogP contribution >= 0.6 is 11.3 Å². The number of rotatable bonds is 2. The van der Waals surface area contributed by atoms with Crippen LogP contribution in [-0.4, -0.2) is 23.9 Å². The topological polar surface area (TPSA) is 59.1 Å². The first-order valence-electron chi connectivity index (χ1n) is 7.98. The Balaban J connectivity index is 1.82. The van der Waals surface area contributed by atoms with Crippen molar-refractivity contribution in [2.45, 2.75) is 25.7 Å². The van der Waals surface area contributed by atoms with Gasteiger partial charge in [0.2, 0.25) is 0 Å². The molecule has 1 aliphatic heterocycles. The summed E-state index contributed by atoms with van der Waals surface area (Å²) in [5, 5.41) is 3.43. The lowest BCUT2D eigenvalue weighted by molar-refractivity contribution is 0.102. The monoisotopic (exact) mass is 326 g/mol. The van der Waals surface area contributed by atoms with Crippen molar-refractivity contribution in [3.05, 3.63) is 50.6 Å². The van der Waals surface area contributed by atoms with Gasteiger partial charge in [-0.1, -0.05) is 0 Å². The molecule has 3 heterocycles. The zero-order chi connectivity index (χ0) is 16.0. The molecule has 2 aromatic heterocycles. The van der Waals surface area contributed by atoms with Gasteiger partial charge >= 0.3 is 0 Å². The Kier molecular flexibility index (Phi) is 3.62. The summed E-state index contributed by atoms with van der Waals surface area (Å²) in [6.07, 6.45) is 3.81. The van der Waals surface area contributed by atoms with E-state index in [2.05, 4.69) is 10.3 Å². The molecule has 1 fully saturated rings. The van der Waals surface area contributed by atoms with Gasteiger partial charge in [0.1, 0.15) is 0 Å². The van der Waals surface area contributed by atoms with Crippen LogP contribution in [0.5, 0.6) is 0 Å². The number of nitrogens with zero attached hydrogens (tertiary/aromatic N) is 1. The lowest BCUT2D eigenvalue weighted by atomic mass is 9.78. The third-order valence-corrected chi connectivity index (χ3v) is 6.17. The standard InChI is InChI=1S/C18H18N2O2S/c1-10(21)17-4-5-18(23-17)15-6-16(22)12-3-2-11-7-19-8-13(11)14(12)9-20-15/h4-6,9,11,13,19H,2-3,7-8H2,1H3/t11?,13-/m0/s1. The summed E-state index contributed by atoms with van der Waals surface area (Å²) in [5.41, 5.74) is 2.79. The molecule has 2 aliphatic rings. The molecule has 118 valence electrons. The number of Topliss-reactive ketones (excluding diaryl/α,β-unsaturated/α-hetero) is 1. The van der Waals surface area contributed by atoms with Crippen LogP contribution in [-0.2, 0) is 6.42 Å². The third kappa shape index (κ3) is 2.54. The molecule has 1 unspecified atom stereocenters. The van der Waals surface area contributed by atoms with Crippen molar-refractivity contribution >= 4 is 17.1 Å². The van der Waals surface area contributed by atoms with Gasteiger partial charge in [-0.3, -0.25) is 14.6 Å². The molecular weight excluding hydrogens is 308 g/mol. The molecule has 0 aromatic carbocycles. The molecule has 0 amide bonds. The number of carbonyl (C=O) groups excluding carboxylic acids is 1. The maximum atomic E-state index is 12.7. The SMILES string of the molecule is CC(=O)c1ccc(-c2cc(=O)c3c(cn2)[C@H]2CNCC2CC3)s1. The number of aromatic nitrogens is 1. The van der Waals surface area contributed by atoms with Crippen LogP contribution in [0.3, 0.4) is 0 Å². The van der Waals surface area contributed by atoms with Gasteiger partial charge in [-0.25, -0.2) is 0 Å². The van der Waals surface area contributed by atoms with Crippen LogP contribution in [0.2, 0.25) is 0 Å². The van der Waals surface area contributed by atoms with Crippen molar-refractivity contribution in [1.82, 2.24) is 10.3 Å². The predicted octanol–water partition coefficient (Wildman–Crippen LogP) is 2.62. The Morgan fingerprint density at radius 2 is 2.22 bits per heavy atom. The van der Waals surface area contributed by atoms with Gasteiger partial charge in [0, 0.05) is 30.3 Å². The summed E-state index contributed by atoms with van der Waals surface area (Å²) in [6, 6.07) is 5.32. The summed E-state index contributed by atoms with van der Waals surface area (Å²) >= 11 is 1.40. The molecular formula is C18H18N2O2S. The Labute approximate surface area is 138 Å². The molecule has 23 heavy (non-hydrogen) atoms. The first-order chi connectivity index (χ1) is 11.1. The molecule has 4 nitrogen and oxygen atoms in total. The van der Waals surface area contributed by atoms with E-state index in [1.54, 1.807) is 19.1 Å². The fraction of sp³-hybridized carbons (Fsp3) is 0.389. The molecule has 0 saturated carbocycles. The molecule has 2 aromatic rings. The highest BCUT2D eigenvalue weighted by Crippen LogP contribution is 2.37. The van der Waals surface area contributed by atoms with E-state index < -0.39 is 0 Å². The van der Waals surface area contributed by atoms with E-state index in [0.717, 1.165) is 41.9 Å². The average molecular weight is 326 g/mol. The number of hydrogen-bond donors (Lipinski definition) is 1. The van der Waals surface area contributed by atoms with Gasteiger partial charge in [0.25, 0.3) is 0 Å². The lowest BCUT2D eigenvalue weighted by Crippen LogP contribution is -2.22. The number of fused-ring (bicyclic) bond motifs is 3. The zero-order valence-corrected chi connectivity index (χ0v) is 13.8. The minimum absolute atomic E-state index is 0.0445. The number of nitrogens with one attached hydrogen (secondary N) is 1. The van der Waals surface area contributed by atoms with Crippen molar-refractivity contribution in [3.63, 3.8) is 0 Å². The minimum atomic E-state index is 0.0445. The van der Waals surface area contributed by atoms with Gasteiger partial charge in [-0.05, 0) is 49.9 Å². The zero-order valence-electron chi connectivity index (χ0n) is 13.0. The maximum Gasteiger partial charge on any atom is 0.184 e. The molecule has 0 radical (unpaired) electrons. The fourth-order valence-corrected chi connectivity index (χ4v) is 4.59. The van der Waals surface area contributed by atoms with Crippen molar-refractivity contribution < 1.29 is 4.79 Å². The second-order valence-electron chi connectivity index (χ2n) is 6.37. The molecule has 0 bridgehead atoms. The van der Waals surface area contributed by atoms with Crippen molar-refractivity contribution in [3.8, 4) is 10.6 Å². The molecule has 1 aliphatic carbocycles. The summed E-state index contributed by atoms with van der Waals surface area (Å²) in [6.45, 7) is 3.53. The van der Waals surface area contributed by atoms with E-state index in [1.165, 1.54) is 11.3 Å². The molecule has 1 saturated heterocycles. The summed E-state index contributed by atoms with van der Waals surface area (Å²) in [7, 11) is 0.